The number of aryl methyl sites for hydroxylation is 1. The van der Waals surface area contributed by atoms with Gasteiger partial charge >= 0.3 is 0 Å². The molecule has 1 aliphatic carbocycles. The Morgan fingerprint density at radius 2 is 2.15 bits per heavy atom. The van der Waals surface area contributed by atoms with E-state index < -0.39 is 0 Å². The molecule has 0 saturated heterocycles. The van der Waals surface area contributed by atoms with Crippen LogP contribution < -0.4 is 10.1 Å². The highest BCUT2D eigenvalue weighted by molar-refractivity contribution is 5.30. The molecular weight excluding hydrogens is 253 g/mol. The summed E-state index contributed by atoms with van der Waals surface area (Å²) in [6.07, 6.45) is 3.22. The fourth-order valence-electron chi connectivity index (χ4n) is 2.96. The predicted octanol–water partition coefficient (Wildman–Crippen LogP) is 4.07. The molecular formula is C17H26FNO. The van der Waals surface area contributed by atoms with Crippen LogP contribution in [-0.2, 0) is 0 Å². The molecule has 1 fully saturated rings. The number of nitrogens with one attached hydrogen (secondary N) is 1. The van der Waals surface area contributed by atoms with Crippen molar-refractivity contribution in [3.8, 4) is 5.75 Å². The SMILES string of the molecule is CCCNC1CC(Oc2cc(C)ccc2F)C1(C)CC. The van der Waals surface area contributed by atoms with Gasteiger partial charge in [0.05, 0.1) is 0 Å². The van der Waals surface area contributed by atoms with Crippen molar-refractivity contribution < 1.29 is 9.13 Å². The molecule has 0 spiro atoms. The average Bonchev–Trinajstić information content (AvgIpc) is 2.44. The van der Waals surface area contributed by atoms with Crippen LogP contribution in [0.15, 0.2) is 18.2 Å². The number of benzene rings is 1. The highest BCUT2D eigenvalue weighted by atomic mass is 19.1. The van der Waals surface area contributed by atoms with Crippen LogP contribution >= 0.6 is 0 Å². The van der Waals surface area contributed by atoms with Gasteiger partial charge in [-0.2, -0.15) is 0 Å². The average molecular weight is 279 g/mol. The molecule has 0 heterocycles. The van der Waals surface area contributed by atoms with Crippen molar-refractivity contribution in [2.75, 3.05) is 6.54 Å². The lowest BCUT2D eigenvalue weighted by Crippen LogP contribution is -2.63. The maximum Gasteiger partial charge on any atom is 0.165 e. The molecule has 1 saturated carbocycles. The Hall–Kier alpha value is -1.09. The summed E-state index contributed by atoms with van der Waals surface area (Å²) in [6.45, 7) is 9.58. The largest absolute Gasteiger partial charge is 0.487 e. The van der Waals surface area contributed by atoms with Gasteiger partial charge in [-0.25, -0.2) is 4.39 Å². The zero-order valence-electron chi connectivity index (χ0n) is 13.0. The van der Waals surface area contributed by atoms with Crippen LogP contribution in [0, 0.1) is 18.2 Å². The van der Waals surface area contributed by atoms with Crippen molar-refractivity contribution >= 4 is 0 Å². The minimum Gasteiger partial charge on any atom is -0.487 e. The minimum absolute atomic E-state index is 0.0886. The highest BCUT2D eigenvalue weighted by Gasteiger charge is 2.51. The number of ether oxygens (including phenoxy) is 1. The van der Waals surface area contributed by atoms with E-state index in [0.29, 0.717) is 11.8 Å². The molecule has 0 radical (unpaired) electrons. The van der Waals surface area contributed by atoms with Crippen molar-refractivity contribution in [1.82, 2.24) is 5.32 Å². The lowest BCUT2D eigenvalue weighted by molar-refractivity contribution is -0.0716. The van der Waals surface area contributed by atoms with Crippen LogP contribution in [-0.4, -0.2) is 18.7 Å². The van der Waals surface area contributed by atoms with Crippen molar-refractivity contribution in [2.45, 2.75) is 59.1 Å². The molecule has 1 aliphatic rings. The standard InChI is InChI=1S/C17H26FNO/c1-5-9-19-15-11-16(17(15,4)6-2)20-14-10-12(3)7-8-13(14)18/h7-8,10,15-16,19H,5-6,9,11H2,1-4H3. The third-order valence-electron chi connectivity index (χ3n) is 4.74. The Balaban J connectivity index is 2.05. The van der Waals surface area contributed by atoms with Gasteiger partial charge in [0, 0.05) is 17.9 Å². The predicted molar refractivity (Wildman–Crippen MR) is 80.6 cm³/mol. The molecule has 2 rings (SSSR count). The molecule has 0 amide bonds. The zero-order valence-corrected chi connectivity index (χ0v) is 13.0. The van der Waals surface area contributed by atoms with Gasteiger partial charge < -0.3 is 10.1 Å². The van der Waals surface area contributed by atoms with Crippen LogP contribution in [0.3, 0.4) is 0 Å². The molecule has 20 heavy (non-hydrogen) atoms. The monoisotopic (exact) mass is 279 g/mol. The molecule has 1 aromatic carbocycles. The van der Waals surface area contributed by atoms with Gasteiger partial charge in [0.25, 0.3) is 0 Å². The second-order valence-corrected chi connectivity index (χ2v) is 6.14. The third-order valence-corrected chi connectivity index (χ3v) is 4.74. The van der Waals surface area contributed by atoms with E-state index in [4.69, 9.17) is 4.74 Å². The maximum atomic E-state index is 13.8. The summed E-state index contributed by atoms with van der Waals surface area (Å²) in [6, 6.07) is 5.52. The smallest absolute Gasteiger partial charge is 0.165 e. The van der Waals surface area contributed by atoms with Crippen molar-refractivity contribution in [2.24, 2.45) is 5.41 Å². The summed E-state index contributed by atoms with van der Waals surface area (Å²) in [5, 5.41) is 3.58. The van der Waals surface area contributed by atoms with Crippen molar-refractivity contribution in [3.63, 3.8) is 0 Å². The summed E-state index contributed by atoms with van der Waals surface area (Å²) in [5.41, 5.74) is 1.12. The van der Waals surface area contributed by atoms with E-state index in [2.05, 4.69) is 26.1 Å². The van der Waals surface area contributed by atoms with Gasteiger partial charge in [-0.3, -0.25) is 0 Å². The van der Waals surface area contributed by atoms with Crippen LogP contribution in [0.1, 0.15) is 45.6 Å². The Bertz CT molecular complexity index is 462. The lowest BCUT2D eigenvalue weighted by atomic mass is 9.61. The topological polar surface area (TPSA) is 21.3 Å². The van der Waals surface area contributed by atoms with Crippen LogP contribution in [0.4, 0.5) is 4.39 Å². The summed E-state index contributed by atoms with van der Waals surface area (Å²) in [4.78, 5) is 0. The quantitative estimate of drug-likeness (QED) is 0.847. The van der Waals surface area contributed by atoms with Crippen molar-refractivity contribution in [3.05, 3.63) is 29.6 Å². The molecule has 1 aromatic rings. The molecule has 2 nitrogen and oxygen atoms in total. The molecule has 3 heteroatoms. The van der Waals surface area contributed by atoms with E-state index in [1.807, 2.05) is 6.92 Å². The third kappa shape index (κ3) is 2.83. The lowest BCUT2D eigenvalue weighted by Gasteiger charge is -2.53. The van der Waals surface area contributed by atoms with E-state index in [1.54, 1.807) is 12.1 Å². The molecule has 0 aromatic heterocycles. The summed E-state index contributed by atoms with van der Waals surface area (Å²) in [7, 11) is 0. The van der Waals surface area contributed by atoms with Gasteiger partial charge in [0.2, 0.25) is 0 Å². The first-order chi connectivity index (χ1) is 9.51. The van der Waals surface area contributed by atoms with E-state index in [-0.39, 0.29) is 17.3 Å². The van der Waals surface area contributed by atoms with Gasteiger partial charge in [-0.05, 0) is 44.0 Å². The van der Waals surface area contributed by atoms with Gasteiger partial charge in [0.1, 0.15) is 6.10 Å². The first-order valence-electron chi connectivity index (χ1n) is 7.67. The van der Waals surface area contributed by atoms with E-state index >= 15 is 0 Å². The highest BCUT2D eigenvalue weighted by Crippen LogP contribution is 2.46. The molecule has 112 valence electrons. The fraction of sp³-hybridized carbons (Fsp3) is 0.647. The summed E-state index contributed by atoms with van der Waals surface area (Å²) in [5.74, 6) is 0.127. The Morgan fingerprint density at radius 3 is 2.80 bits per heavy atom. The number of hydrogen-bond donors (Lipinski definition) is 1. The van der Waals surface area contributed by atoms with Gasteiger partial charge in [-0.15, -0.1) is 0 Å². The molecule has 0 aliphatic heterocycles. The fourth-order valence-corrected chi connectivity index (χ4v) is 2.96. The number of hydrogen-bond acceptors (Lipinski definition) is 2. The second-order valence-electron chi connectivity index (χ2n) is 6.14. The number of rotatable bonds is 6. The van der Waals surface area contributed by atoms with E-state index in [1.165, 1.54) is 6.07 Å². The number of halogens is 1. The summed E-state index contributed by atoms with van der Waals surface area (Å²) >= 11 is 0. The Kier molecular flexibility index (Phi) is 4.69. The first-order valence-corrected chi connectivity index (χ1v) is 7.67. The first kappa shape index (κ1) is 15.3. The maximum absolute atomic E-state index is 13.8. The normalized spacial score (nSPS) is 29.1. The Morgan fingerprint density at radius 1 is 1.40 bits per heavy atom. The van der Waals surface area contributed by atoms with Crippen LogP contribution in [0.5, 0.6) is 5.75 Å². The Labute approximate surface area is 121 Å². The van der Waals surface area contributed by atoms with Crippen molar-refractivity contribution in [1.29, 1.82) is 0 Å². The molecule has 1 N–H and O–H groups in total. The van der Waals surface area contributed by atoms with Gasteiger partial charge in [0.15, 0.2) is 11.6 Å². The second kappa shape index (κ2) is 6.13. The molecule has 3 unspecified atom stereocenters. The minimum atomic E-state index is -0.265. The van der Waals surface area contributed by atoms with Gasteiger partial charge in [-0.1, -0.05) is 26.8 Å². The zero-order chi connectivity index (χ0) is 14.8. The van der Waals surface area contributed by atoms with E-state index in [9.17, 15) is 4.39 Å². The van der Waals surface area contributed by atoms with E-state index in [0.717, 1.165) is 31.4 Å². The molecule has 3 atom stereocenters. The molecule has 0 bridgehead atoms. The van der Waals surface area contributed by atoms with Crippen LogP contribution in [0.2, 0.25) is 0 Å². The van der Waals surface area contributed by atoms with Crippen LogP contribution in [0.25, 0.3) is 0 Å². The summed E-state index contributed by atoms with van der Waals surface area (Å²) < 4.78 is 19.8.